The van der Waals surface area contributed by atoms with Gasteiger partial charge in [-0.2, -0.15) is 0 Å². The van der Waals surface area contributed by atoms with Crippen molar-refractivity contribution >= 4 is 22.5 Å². The molecule has 3 rings (SSSR count). The van der Waals surface area contributed by atoms with Crippen molar-refractivity contribution in [3.05, 3.63) is 59.7 Å². The highest BCUT2D eigenvalue weighted by atomic mass is 16.3. The number of azo groups is 1. The third-order valence-corrected chi connectivity index (χ3v) is 4.61. The molecule has 140 valence electrons. The second-order valence-electron chi connectivity index (χ2n) is 7.99. The Morgan fingerprint density at radius 3 is 2.26 bits per heavy atom. The molecule has 27 heavy (non-hydrogen) atoms. The summed E-state index contributed by atoms with van der Waals surface area (Å²) < 4.78 is 1.78. The maximum absolute atomic E-state index is 12.4. The van der Waals surface area contributed by atoms with E-state index in [1.165, 1.54) is 0 Å². The van der Waals surface area contributed by atoms with Crippen LogP contribution in [-0.4, -0.2) is 15.6 Å². The fourth-order valence-corrected chi connectivity index (χ4v) is 3.12. The van der Waals surface area contributed by atoms with Gasteiger partial charge in [0.15, 0.2) is 5.69 Å². The van der Waals surface area contributed by atoms with Crippen LogP contribution >= 0.6 is 0 Å². The quantitative estimate of drug-likeness (QED) is 0.567. The number of hydrogen-bond acceptors (Lipinski definition) is 3. The Kier molecular flexibility index (Phi) is 4.87. The largest absolute Gasteiger partial charge is 0.493 e. The highest BCUT2D eigenvalue weighted by Crippen LogP contribution is 2.40. The zero-order valence-corrected chi connectivity index (χ0v) is 16.4. The molecule has 0 saturated carbocycles. The summed E-state index contributed by atoms with van der Waals surface area (Å²) in [6, 6.07) is 15.0. The van der Waals surface area contributed by atoms with Gasteiger partial charge in [0.2, 0.25) is 5.88 Å². The highest BCUT2D eigenvalue weighted by molar-refractivity contribution is 5.97. The molecule has 0 bridgehead atoms. The molecule has 0 atom stereocenters. The first kappa shape index (κ1) is 18.8. The lowest BCUT2D eigenvalue weighted by molar-refractivity contribution is 0.0995. The minimum absolute atomic E-state index is 0.0193. The predicted molar refractivity (Wildman–Crippen MR) is 108 cm³/mol. The van der Waals surface area contributed by atoms with Crippen LogP contribution in [0.1, 0.15) is 56.6 Å². The first-order chi connectivity index (χ1) is 12.7. The van der Waals surface area contributed by atoms with E-state index in [1.54, 1.807) is 16.7 Å². The molecule has 1 N–H and O–H groups in total. The fraction of sp³-hybridized carbons (Fsp3) is 0.318. The van der Waals surface area contributed by atoms with Crippen molar-refractivity contribution in [2.75, 3.05) is 0 Å². The Morgan fingerprint density at radius 2 is 1.67 bits per heavy atom. The molecule has 0 unspecified atom stereocenters. The standard InChI is InChI=1S/C22H25N3O2/c1-14(2)25-18-9-7-6-8-17(18)19(21(25)27)23-24-20(26)15-10-12-16(13-11-15)22(3,4)5/h6-14,27H,1-5H3. The first-order valence-electron chi connectivity index (χ1n) is 9.08. The lowest BCUT2D eigenvalue weighted by atomic mass is 9.87. The summed E-state index contributed by atoms with van der Waals surface area (Å²) in [6.07, 6.45) is 0. The maximum Gasteiger partial charge on any atom is 0.295 e. The number of amides is 1. The van der Waals surface area contributed by atoms with Crippen LogP contribution in [0.5, 0.6) is 5.88 Å². The van der Waals surface area contributed by atoms with Crippen LogP contribution in [0.3, 0.4) is 0 Å². The van der Waals surface area contributed by atoms with Crippen molar-refractivity contribution < 1.29 is 9.90 Å². The maximum atomic E-state index is 12.4. The van der Waals surface area contributed by atoms with Gasteiger partial charge in [0.1, 0.15) is 0 Å². The summed E-state index contributed by atoms with van der Waals surface area (Å²) >= 11 is 0. The highest BCUT2D eigenvalue weighted by Gasteiger charge is 2.19. The number of carbonyl (C=O) groups is 1. The molecule has 2 aromatic carbocycles. The molecular weight excluding hydrogens is 338 g/mol. The monoisotopic (exact) mass is 363 g/mol. The molecule has 3 aromatic rings. The van der Waals surface area contributed by atoms with Crippen LogP contribution < -0.4 is 0 Å². The van der Waals surface area contributed by atoms with E-state index in [1.807, 2.05) is 50.2 Å². The van der Waals surface area contributed by atoms with Gasteiger partial charge in [-0.15, -0.1) is 10.2 Å². The summed E-state index contributed by atoms with van der Waals surface area (Å²) in [6.45, 7) is 10.3. The van der Waals surface area contributed by atoms with E-state index in [-0.39, 0.29) is 17.3 Å². The van der Waals surface area contributed by atoms with Crippen molar-refractivity contribution in [3.8, 4) is 5.88 Å². The second kappa shape index (κ2) is 6.99. The summed E-state index contributed by atoms with van der Waals surface area (Å²) in [5.74, 6) is -0.415. The van der Waals surface area contributed by atoms with Crippen LogP contribution in [-0.2, 0) is 5.41 Å². The Bertz CT molecular complexity index is 1010. The van der Waals surface area contributed by atoms with Gasteiger partial charge in [-0.25, -0.2) is 0 Å². The second-order valence-corrected chi connectivity index (χ2v) is 7.99. The van der Waals surface area contributed by atoms with Crippen molar-refractivity contribution in [1.82, 2.24) is 4.57 Å². The average Bonchev–Trinajstić information content (AvgIpc) is 2.90. The number of aromatic nitrogens is 1. The van der Waals surface area contributed by atoms with Gasteiger partial charge in [0.05, 0.1) is 5.52 Å². The average molecular weight is 363 g/mol. The van der Waals surface area contributed by atoms with Crippen LogP contribution in [0.4, 0.5) is 5.69 Å². The Hall–Kier alpha value is -2.95. The van der Waals surface area contributed by atoms with E-state index < -0.39 is 5.91 Å². The predicted octanol–water partition coefficient (Wildman–Crippen LogP) is 6.15. The van der Waals surface area contributed by atoms with E-state index in [0.29, 0.717) is 11.3 Å². The van der Waals surface area contributed by atoms with Gasteiger partial charge in [0, 0.05) is 17.0 Å². The molecule has 0 aliphatic carbocycles. The zero-order chi connectivity index (χ0) is 19.8. The fourth-order valence-electron chi connectivity index (χ4n) is 3.12. The van der Waals surface area contributed by atoms with Crippen LogP contribution in [0.25, 0.3) is 10.9 Å². The van der Waals surface area contributed by atoms with E-state index >= 15 is 0 Å². The molecule has 0 radical (unpaired) electrons. The molecule has 0 aliphatic heterocycles. The van der Waals surface area contributed by atoms with Gasteiger partial charge in [-0.3, -0.25) is 4.79 Å². The molecule has 5 heteroatoms. The third-order valence-electron chi connectivity index (χ3n) is 4.61. The van der Waals surface area contributed by atoms with Crippen LogP contribution in [0.2, 0.25) is 0 Å². The molecule has 1 aromatic heterocycles. The normalized spacial score (nSPS) is 12.4. The summed E-state index contributed by atoms with van der Waals surface area (Å²) in [7, 11) is 0. The zero-order valence-electron chi connectivity index (χ0n) is 16.4. The number of benzene rings is 2. The van der Waals surface area contributed by atoms with Crippen LogP contribution in [0, 0.1) is 0 Å². The number of aromatic hydroxyl groups is 1. The molecule has 0 saturated heterocycles. The number of para-hydroxylation sites is 1. The van der Waals surface area contributed by atoms with Crippen LogP contribution in [0.15, 0.2) is 58.8 Å². The van der Waals surface area contributed by atoms with Gasteiger partial charge < -0.3 is 9.67 Å². The number of rotatable bonds is 3. The Balaban J connectivity index is 1.94. The smallest absolute Gasteiger partial charge is 0.295 e. The minimum atomic E-state index is -0.434. The molecular formula is C22H25N3O2. The Morgan fingerprint density at radius 1 is 1.04 bits per heavy atom. The molecule has 1 heterocycles. The molecule has 0 spiro atoms. The van der Waals surface area contributed by atoms with E-state index in [0.717, 1.165) is 16.5 Å². The number of fused-ring (bicyclic) bond motifs is 1. The van der Waals surface area contributed by atoms with Crippen molar-refractivity contribution in [2.45, 2.75) is 46.1 Å². The minimum Gasteiger partial charge on any atom is -0.493 e. The molecule has 1 amide bonds. The summed E-state index contributed by atoms with van der Waals surface area (Å²) in [4.78, 5) is 12.4. The van der Waals surface area contributed by atoms with Gasteiger partial charge in [-0.05, 0) is 43.0 Å². The SMILES string of the molecule is CC(C)n1c(O)c(N=NC(=O)c2ccc(C(C)(C)C)cc2)c2ccccc21. The van der Waals surface area contributed by atoms with E-state index in [2.05, 4.69) is 31.0 Å². The number of carbonyl (C=O) groups excluding carboxylic acids is 1. The van der Waals surface area contributed by atoms with E-state index in [4.69, 9.17) is 0 Å². The third kappa shape index (κ3) is 3.63. The molecule has 0 aliphatic rings. The first-order valence-corrected chi connectivity index (χ1v) is 9.08. The number of nitrogens with zero attached hydrogens (tertiary/aromatic N) is 3. The summed E-state index contributed by atoms with van der Waals surface area (Å²) in [5, 5.41) is 19.3. The lowest BCUT2D eigenvalue weighted by Gasteiger charge is -2.18. The van der Waals surface area contributed by atoms with Gasteiger partial charge >= 0.3 is 0 Å². The van der Waals surface area contributed by atoms with Gasteiger partial charge in [-0.1, -0.05) is 51.1 Å². The topological polar surface area (TPSA) is 66.9 Å². The molecule has 5 nitrogen and oxygen atoms in total. The van der Waals surface area contributed by atoms with Crippen molar-refractivity contribution in [2.24, 2.45) is 10.2 Å². The Labute approximate surface area is 159 Å². The van der Waals surface area contributed by atoms with E-state index in [9.17, 15) is 9.90 Å². The number of hydrogen-bond donors (Lipinski definition) is 1. The molecule has 0 fully saturated rings. The summed E-state index contributed by atoms with van der Waals surface area (Å²) in [5.41, 5.74) is 2.82. The van der Waals surface area contributed by atoms with Crippen molar-refractivity contribution in [1.29, 1.82) is 0 Å². The lowest BCUT2D eigenvalue weighted by Crippen LogP contribution is -2.11. The van der Waals surface area contributed by atoms with Gasteiger partial charge in [0.25, 0.3) is 5.91 Å². The van der Waals surface area contributed by atoms with Crippen molar-refractivity contribution in [3.63, 3.8) is 0 Å².